The molecule has 18 heavy (non-hydrogen) atoms. The molecule has 0 fully saturated rings. The lowest BCUT2D eigenvalue weighted by Crippen LogP contribution is -2.14. The lowest BCUT2D eigenvalue weighted by atomic mass is 10.2. The zero-order valence-electron chi connectivity index (χ0n) is 10.8. The predicted octanol–water partition coefficient (Wildman–Crippen LogP) is 3.35. The molecule has 2 heterocycles. The number of likely N-dealkylation sites (N-methyl/N-ethyl adjacent to an activating group) is 1. The van der Waals surface area contributed by atoms with E-state index in [4.69, 9.17) is 4.42 Å². The third kappa shape index (κ3) is 3.31. The fourth-order valence-electron chi connectivity index (χ4n) is 1.71. The highest BCUT2D eigenvalue weighted by molar-refractivity contribution is 5.59. The second kappa shape index (κ2) is 6.17. The van der Waals surface area contributed by atoms with Crippen LogP contribution in [-0.2, 0) is 0 Å². The van der Waals surface area contributed by atoms with E-state index in [9.17, 15) is 0 Å². The van der Waals surface area contributed by atoms with Gasteiger partial charge in [-0.05, 0) is 43.8 Å². The smallest absolute Gasteiger partial charge is 0.136 e. The molecular formula is C15H18N2O. The summed E-state index contributed by atoms with van der Waals surface area (Å²) in [6.07, 6.45) is 5.62. The molecule has 0 saturated carbocycles. The summed E-state index contributed by atoms with van der Waals surface area (Å²) in [5.74, 6) is 1.73. The Balaban J connectivity index is 2.11. The van der Waals surface area contributed by atoms with Crippen molar-refractivity contribution in [3.63, 3.8) is 0 Å². The standard InChI is InChI=1S/C15H18N2O/c1-3-16-10-12(2)9-14-6-7-15(18-14)13-5-4-8-17-11-13/h4-9,11,16H,3,10H2,1-2H3. The highest BCUT2D eigenvalue weighted by Crippen LogP contribution is 2.22. The molecule has 0 unspecified atom stereocenters. The van der Waals surface area contributed by atoms with Gasteiger partial charge in [-0.2, -0.15) is 0 Å². The molecule has 0 spiro atoms. The fourth-order valence-corrected chi connectivity index (χ4v) is 1.71. The number of pyridine rings is 1. The van der Waals surface area contributed by atoms with Crippen molar-refractivity contribution < 1.29 is 4.42 Å². The number of hydrogen-bond donors (Lipinski definition) is 1. The minimum atomic E-state index is 0.852. The Kier molecular flexibility index (Phi) is 4.31. The number of furan rings is 1. The first kappa shape index (κ1) is 12.6. The maximum absolute atomic E-state index is 5.78. The van der Waals surface area contributed by atoms with Gasteiger partial charge in [-0.15, -0.1) is 0 Å². The van der Waals surface area contributed by atoms with E-state index in [-0.39, 0.29) is 0 Å². The fraction of sp³-hybridized carbons (Fsp3) is 0.267. The van der Waals surface area contributed by atoms with Crippen LogP contribution in [0.25, 0.3) is 17.4 Å². The molecule has 0 atom stereocenters. The summed E-state index contributed by atoms with van der Waals surface area (Å²) in [5.41, 5.74) is 2.26. The molecule has 94 valence electrons. The molecule has 0 bridgehead atoms. The van der Waals surface area contributed by atoms with Crippen LogP contribution in [0.5, 0.6) is 0 Å². The van der Waals surface area contributed by atoms with Crippen LogP contribution in [0.3, 0.4) is 0 Å². The first-order valence-corrected chi connectivity index (χ1v) is 6.17. The third-order valence-corrected chi connectivity index (χ3v) is 2.62. The van der Waals surface area contributed by atoms with Crippen molar-refractivity contribution in [1.82, 2.24) is 10.3 Å². The summed E-state index contributed by atoms with van der Waals surface area (Å²) in [4.78, 5) is 4.09. The molecule has 1 N–H and O–H groups in total. The highest BCUT2D eigenvalue weighted by Gasteiger charge is 2.03. The highest BCUT2D eigenvalue weighted by atomic mass is 16.3. The minimum Gasteiger partial charge on any atom is -0.457 e. The van der Waals surface area contributed by atoms with Crippen molar-refractivity contribution in [3.8, 4) is 11.3 Å². The van der Waals surface area contributed by atoms with Gasteiger partial charge in [-0.25, -0.2) is 0 Å². The van der Waals surface area contributed by atoms with E-state index in [0.717, 1.165) is 30.2 Å². The van der Waals surface area contributed by atoms with Gasteiger partial charge in [0.2, 0.25) is 0 Å². The van der Waals surface area contributed by atoms with Crippen LogP contribution in [0.2, 0.25) is 0 Å². The van der Waals surface area contributed by atoms with E-state index in [2.05, 4.69) is 30.2 Å². The molecule has 0 saturated heterocycles. The van der Waals surface area contributed by atoms with Crippen LogP contribution in [0.1, 0.15) is 19.6 Å². The van der Waals surface area contributed by atoms with Gasteiger partial charge in [0.1, 0.15) is 11.5 Å². The van der Waals surface area contributed by atoms with Gasteiger partial charge in [0, 0.05) is 24.5 Å². The molecule has 0 aliphatic rings. The topological polar surface area (TPSA) is 38.1 Å². The average Bonchev–Trinajstić information content (AvgIpc) is 2.86. The van der Waals surface area contributed by atoms with Gasteiger partial charge in [0.15, 0.2) is 0 Å². The monoisotopic (exact) mass is 242 g/mol. The van der Waals surface area contributed by atoms with Gasteiger partial charge in [0.25, 0.3) is 0 Å². The predicted molar refractivity (Wildman–Crippen MR) is 74.1 cm³/mol. The summed E-state index contributed by atoms with van der Waals surface area (Å²) in [5, 5.41) is 3.29. The molecule has 2 aromatic heterocycles. The Hall–Kier alpha value is -1.87. The average molecular weight is 242 g/mol. The number of nitrogens with zero attached hydrogens (tertiary/aromatic N) is 1. The second-order valence-electron chi connectivity index (χ2n) is 4.21. The van der Waals surface area contributed by atoms with Crippen molar-refractivity contribution in [2.75, 3.05) is 13.1 Å². The molecule has 0 aromatic carbocycles. The number of aromatic nitrogens is 1. The zero-order chi connectivity index (χ0) is 12.8. The summed E-state index contributed by atoms with van der Waals surface area (Å²) >= 11 is 0. The van der Waals surface area contributed by atoms with E-state index in [1.807, 2.05) is 24.3 Å². The maximum Gasteiger partial charge on any atom is 0.136 e. The zero-order valence-corrected chi connectivity index (χ0v) is 10.8. The van der Waals surface area contributed by atoms with Crippen molar-refractivity contribution in [3.05, 3.63) is 48.0 Å². The molecule has 0 aliphatic heterocycles. The van der Waals surface area contributed by atoms with E-state index >= 15 is 0 Å². The third-order valence-electron chi connectivity index (χ3n) is 2.62. The number of nitrogens with one attached hydrogen (secondary N) is 1. The quantitative estimate of drug-likeness (QED) is 0.873. The number of rotatable bonds is 5. The Bertz CT molecular complexity index is 514. The molecular weight excluding hydrogens is 224 g/mol. The van der Waals surface area contributed by atoms with Crippen molar-refractivity contribution in [2.45, 2.75) is 13.8 Å². The second-order valence-corrected chi connectivity index (χ2v) is 4.21. The molecule has 2 rings (SSSR count). The molecule has 3 heteroatoms. The summed E-state index contributed by atoms with van der Waals surface area (Å²) < 4.78 is 5.78. The molecule has 0 radical (unpaired) electrons. The number of hydrogen-bond acceptors (Lipinski definition) is 3. The van der Waals surface area contributed by atoms with Crippen LogP contribution >= 0.6 is 0 Å². The van der Waals surface area contributed by atoms with Gasteiger partial charge >= 0.3 is 0 Å². The normalized spacial score (nSPS) is 11.8. The summed E-state index contributed by atoms with van der Waals surface area (Å²) in [6, 6.07) is 7.86. The Morgan fingerprint density at radius 2 is 2.28 bits per heavy atom. The van der Waals surface area contributed by atoms with Crippen LogP contribution < -0.4 is 5.32 Å². The SMILES string of the molecule is CCNCC(C)=Cc1ccc(-c2cccnc2)o1. The van der Waals surface area contributed by atoms with Gasteiger partial charge < -0.3 is 9.73 Å². The van der Waals surface area contributed by atoms with Crippen molar-refractivity contribution >= 4 is 6.08 Å². The molecule has 0 aliphatic carbocycles. The summed E-state index contributed by atoms with van der Waals surface area (Å²) in [7, 11) is 0. The first-order valence-electron chi connectivity index (χ1n) is 6.17. The lowest BCUT2D eigenvalue weighted by Gasteiger charge is -2.00. The van der Waals surface area contributed by atoms with Gasteiger partial charge in [0.05, 0.1) is 0 Å². The van der Waals surface area contributed by atoms with Gasteiger partial charge in [-0.3, -0.25) is 4.98 Å². The largest absolute Gasteiger partial charge is 0.457 e. The molecule has 3 nitrogen and oxygen atoms in total. The lowest BCUT2D eigenvalue weighted by molar-refractivity contribution is 0.570. The van der Waals surface area contributed by atoms with Crippen LogP contribution in [0.15, 0.2) is 46.6 Å². The first-order chi connectivity index (χ1) is 8.79. The molecule has 2 aromatic rings. The van der Waals surface area contributed by atoms with Crippen LogP contribution in [-0.4, -0.2) is 18.1 Å². The maximum atomic E-state index is 5.78. The Labute approximate surface area is 108 Å². The Morgan fingerprint density at radius 1 is 1.39 bits per heavy atom. The molecule has 0 amide bonds. The summed E-state index contributed by atoms with van der Waals surface area (Å²) in [6.45, 7) is 6.05. The van der Waals surface area contributed by atoms with E-state index < -0.39 is 0 Å². The van der Waals surface area contributed by atoms with E-state index in [1.165, 1.54) is 5.57 Å². The van der Waals surface area contributed by atoms with Crippen LogP contribution in [0, 0.1) is 0 Å². The Morgan fingerprint density at radius 3 is 3.00 bits per heavy atom. The van der Waals surface area contributed by atoms with E-state index in [1.54, 1.807) is 12.4 Å². The van der Waals surface area contributed by atoms with E-state index in [0.29, 0.717) is 0 Å². The van der Waals surface area contributed by atoms with Crippen molar-refractivity contribution in [1.29, 1.82) is 0 Å². The van der Waals surface area contributed by atoms with Crippen molar-refractivity contribution in [2.24, 2.45) is 0 Å². The van der Waals surface area contributed by atoms with Gasteiger partial charge in [-0.1, -0.05) is 12.5 Å². The van der Waals surface area contributed by atoms with Crippen LogP contribution in [0.4, 0.5) is 0 Å². The minimum absolute atomic E-state index is 0.852.